The van der Waals surface area contributed by atoms with Gasteiger partial charge >= 0.3 is 22.4 Å². The smallest absolute Gasteiger partial charge is 0.444 e. The van der Waals surface area contributed by atoms with Crippen molar-refractivity contribution in [2.24, 2.45) is 0 Å². The van der Waals surface area contributed by atoms with Gasteiger partial charge in [-0.3, -0.25) is 4.79 Å². The predicted octanol–water partition coefficient (Wildman–Crippen LogP) is 1.37. The average Bonchev–Trinajstić information content (AvgIpc) is 1.80. The predicted molar refractivity (Wildman–Crippen MR) is 58.0 cm³/mol. The Hall–Kier alpha value is 0.0503. The molecule has 0 aliphatic carbocycles. The van der Waals surface area contributed by atoms with E-state index < -0.39 is 0 Å². The van der Waals surface area contributed by atoms with Gasteiger partial charge in [0.05, 0.1) is 0 Å². The Morgan fingerprint density at radius 1 is 1.29 bits per heavy atom. The van der Waals surface area contributed by atoms with Gasteiger partial charge in [-0.1, -0.05) is 11.5 Å². The van der Waals surface area contributed by atoms with E-state index in [1.54, 1.807) is 13.8 Å². The van der Waals surface area contributed by atoms with Gasteiger partial charge in [-0.15, -0.1) is 7.92 Å². The molecule has 0 unspecified atom stereocenters. The third-order valence-corrected chi connectivity index (χ3v) is 0.943. The molecule has 1 aromatic heterocycles. The molecule has 0 N–H and O–H groups in total. The second-order valence-corrected chi connectivity index (χ2v) is 5.92. The van der Waals surface area contributed by atoms with Gasteiger partial charge in [-0.2, -0.15) is 0 Å². The molecule has 1 aromatic rings. The van der Waals surface area contributed by atoms with Crippen molar-refractivity contribution in [2.45, 2.75) is 13.8 Å². The van der Waals surface area contributed by atoms with E-state index in [1.165, 1.54) is 6.07 Å². The summed E-state index contributed by atoms with van der Waals surface area (Å²) < 4.78 is 0. The zero-order valence-electron chi connectivity index (χ0n) is 9.13. The third-order valence-electron chi connectivity index (χ3n) is 0.943. The van der Waals surface area contributed by atoms with E-state index in [2.05, 4.69) is 30.0 Å². The van der Waals surface area contributed by atoms with E-state index in [4.69, 9.17) is 0 Å². The van der Waals surface area contributed by atoms with E-state index in [-0.39, 0.29) is 27.9 Å². The molecule has 0 radical (unpaired) electrons. The molecule has 5 heteroatoms. The first kappa shape index (κ1) is 16.5. The Morgan fingerprint density at radius 2 is 1.71 bits per heavy atom. The third kappa shape index (κ3) is 10.1. The number of hydrogen-bond acceptors (Lipinski definition) is 2. The maximum absolute atomic E-state index is 10.6. The molecule has 0 atom stereocenters. The molecule has 0 saturated carbocycles. The van der Waals surface area contributed by atoms with Crippen molar-refractivity contribution in [3.05, 3.63) is 27.9 Å². The average molecular weight is 396 g/mol. The topological polar surface area (TPSA) is 44.1 Å². The summed E-state index contributed by atoms with van der Waals surface area (Å²) in [6, 6.07) is 1.41. The fourth-order valence-corrected chi connectivity index (χ4v) is 0.683. The van der Waals surface area contributed by atoms with Crippen LogP contribution in [-0.4, -0.2) is 25.0 Å². The first-order valence-electron chi connectivity index (χ1n) is 4.02. The molecule has 0 aromatic carbocycles. The minimum atomic E-state index is -0.208. The van der Waals surface area contributed by atoms with Crippen LogP contribution in [0.2, 0.25) is 0 Å². The normalized spacial score (nSPS) is 8.71. The fourth-order valence-electron chi connectivity index (χ4n) is 0.683. The van der Waals surface area contributed by atoms with Gasteiger partial charge in [0.15, 0.2) is 5.56 Å². The molecule has 1 rings (SSSR count). The van der Waals surface area contributed by atoms with Crippen LogP contribution in [0.4, 0.5) is 0 Å². The van der Waals surface area contributed by atoms with Crippen molar-refractivity contribution in [1.29, 1.82) is 0 Å². The second kappa shape index (κ2) is 8.37. The summed E-state index contributed by atoms with van der Waals surface area (Å²) in [7, 11) is 0.380. The summed E-state index contributed by atoms with van der Waals surface area (Å²) in [6.45, 7) is 10.2. The molecular weight excluding hydrogens is 380 g/mol. The molecule has 1 heterocycles. The van der Waals surface area contributed by atoms with Crippen molar-refractivity contribution in [2.75, 3.05) is 20.0 Å². The Kier molecular flexibility index (Phi) is 9.85. The Morgan fingerprint density at radius 3 is 2.00 bits per heavy atom. The summed E-state index contributed by atoms with van der Waals surface area (Å²) in [5.74, 6) is 0.542. The van der Waals surface area contributed by atoms with E-state index in [9.17, 15) is 4.79 Å². The second-order valence-electron chi connectivity index (χ2n) is 3.24. The standard InChI is InChI=1S/C6H8N2O.C3H9P.Au/c1-4-3-6(9)8-5(2)7-4;1-4(2)3;/h3H,1-2H3,(H,7,8,9);1-3H3;/q;;+1/p-1. The van der Waals surface area contributed by atoms with Crippen molar-refractivity contribution >= 4 is 7.92 Å². The van der Waals surface area contributed by atoms with Crippen LogP contribution in [-0.2, 0) is 22.4 Å². The van der Waals surface area contributed by atoms with E-state index in [0.717, 1.165) is 5.69 Å². The number of hydrogen-bond donors (Lipinski definition) is 0. The Bertz CT molecular complexity index is 286. The molecule has 0 amide bonds. The van der Waals surface area contributed by atoms with Crippen LogP contribution in [0.1, 0.15) is 11.5 Å². The molecule has 0 aliphatic rings. The zero-order chi connectivity index (χ0) is 10.4. The molecule has 0 bridgehead atoms. The SMILES string of the molecule is CP(C)C.Cc1cc(=O)[n-]c(C)n1.[Au+]. The number of rotatable bonds is 0. The van der Waals surface area contributed by atoms with Crippen molar-refractivity contribution in [1.82, 2.24) is 9.97 Å². The number of aromatic nitrogens is 2. The largest absolute Gasteiger partial charge is 1.00 e. The van der Waals surface area contributed by atoms with Gasteiger partial charge in [0, 0.05) is 0 Å². The quantitative estimate of drug-likeness (QED) is 0.492. The number of aryl methyl sites for hydroxylation is 2. The van der Waals surface area contributed by atoms with Gasteiger partial charge < -0.3 is 9.97 Å². The molecule has 0 saturated heterocycles. The van der Waals surface area contributed by atoms with Gasteiger partial charge in [-0.25, -0.2) is 0 Å². The van der Waals surface area contributed by atoms with Crippen LogP contribution in [0.3, 0.4) is 0 Å². The summed E-state index contributed by atoms with van der Waals surface area (Å²) in [6.07, 6.45) is 0. The number of nitrogens with zero attached hydrogens (tertiary/aromatic N) is 2. The summed E-state index contributed by atoms with van der Waals surface area (Å²) in [4.78, 5) is 18.1. The van der Waals surface area contributed by atoms with Crippen LogP contribution in [0, 0.1) is 13.8 Å². The zero-order valence-corrected chi connectivity index (χ0v) is 12.2. The molecule has 0 fully saturated rings. The summed E-state index contributed by atoms with van der Waals surface area (Å²) >= 11 is 0. The Balaban J connectivity index is 0. The van der Waals surface area contributed by atoms with Crippen LogP contribution in [0.5, 0.6) is 0 Å². The van der Waals surface area contributed by atoms with Crippen LogP contribution < -0.4 is 10.5 Å². The monoisotopic (exact) mass is 396 g/mol. The maximum atomic E-state index is 10.6. The van der Waals surface area contributed by atoms with Crippen molar-refractivity contribution in [3.8, 4) is 0 Å². The molecule has 0 aliphatic heterocycles. The van der Waals surface area contributed by atoms with E-state index in [1.807, 2.05) is 0 Å². The molecule has 84 valence electrons. The van der Waals surface area contributed by atoms with Gasteiger partial charge in [-0.05, 0) is 39.9 Å². The van der Waals surface area contributed by atoms with Gasteiger partial charge in [0.1, 0.15) is 0 Å². The fraction of sp³-hybridized carbons (Fsp3) is 0.556. The molecular formula is C9H16AuN2OP. The first-order chi connectivity index (χ1) is 5.91. The van der Waals surface area contributed by atoms with Crippen LogP contribution >= 0.6 is 7.92 Å². The molecule has 0 spiro atoms. The van der Waals surface area contributed by atoms with Crippen molar-refractivity contribution < 1.29 is 22.4 Å². The van der Waals surface area contributed by atoms with Crippen molar-refractivity contribution in [3.63, 3.8) is 0 Å². The van der Waals surface area contributed by atoms with Crippen LogP contribution in [0.15, 0.2) is 10.9 Å². The summed E-state index contributed by atoms with van der Waals surface area (Å²) in [5, 5.41) is 0. The Labute approximate surface area is 102 Å². The van der Waals surface area contributed by atoms with Crippen LogP contribution in [0.25, 0.3) is 0 Å². The minimum absolute atomic E-state index is 0. The molecule has 3 nitrogen and oxygen atoms in total. The maximum Gasteiger partial charge on any atom is 1.00 e. The van der Waals surface area contributed by atoms with Gasteiger partial charge in [0.25, 0.3) is 0 Å². The minimum Gasteiger partial charge on any atom is -0.444 e. The first-order valence-corrected chi connectivity index (χ1v) is 6.70. The summed E-state index contributed by atoms with van der Waals surface area (Å²) in [5.41, 5.74) is 0.521. The van der Waals surface area contributed by atoms with E-state index in [0.29, 0.717) is 13.7 Å². The van der Waals surface area contributed by atoms with Gasteiger partial charge in [0.2, 0.25) is 0 Å². The van der Waals surface area contributed by atoms with E-state index >= 15 is 0 Å². The molecule has 14 heavy (non-hydrogen) atoms.